The minimum absolute atomic E-state index is 0.0212. The molecular weight excluding hydrogens is 508 g/mol. The van der Waals surface area contributed by atoms with E-state index in [0.29, 0.717) is 12.3 Å². The largest absolute Gasteiger partial charge is 0.489 e. The lowest BCUT2D eigenvalue weighted by atomic mass is 10.1. The van der Waals surface area contributed by atoms with Crippen molar-refractivity contribution in [2.75, 3.05) is 17.8 Å². The Balaban J connectivity index is 1.31. The van der Waals surface area contributed by atoms with Gasteiger partial charge >= 0.3 is 6.61 Å². The van der Waals surface area contributed by atoms with E-state index < -0.39 is 16.6 Å². The SMILES string of the molecule is O=S(=O)(Nc1nccs1)c1ccc(OC2CCN(Cc3cccc(OC(F)F)c3)CC2)c(Cl)c1. The van der Waals surface area contributed by atoms with E-state index in [1.807, 2.05) is 6.07 Å². The van der Waals surface area contributed by atoms with Gasteiger partial charge in [0, 0.05) is 31.2 Å². The van der Waals surface area contributed by atoms with Gasteiger partial charge in [0.2, 0.25) is 0 Å². The van der Waals surface area contributed by atoms with Crippen LogP contribution in [-0.2, 0) is 16.6 Å². The molecule has 7 nitrogen and oxygen atoms in total. The van der Waals surface area contributed by atoms with Crippen molar-refractivity contribution >= 4 is 38.1 Å². The average molecular weight is 530 g/mol. The number of anilines is 1. The Bertz CT molecular complexity index is 1200. The number of ether oxygens (including phenoxy) is 2. The van der Waals surface area contributed by atoms with E-state index >= 15 is 0 Å². The second-order valence-electron chi connectivity index (χ2n) is 7.65. The lowest BCUT2D eigenvalue weighted by molar-refractivity contribution is -0.0499. The van der Waals surface area contributed by atoms with Gasteiger partial charge in [0.1, 0.15) is 17.6 Å². The lowest BCUT2D eigenvalue weighted by Gasteiger charge is -2.32. The minimum Gasteiger partial charge on any atom is -0.489 e. The Kier molecular flexibility index (Phi) is 7.87. The van der Waals surface area contributed by atoms with Crippen molar-refractivity contribution in [2.24, 2.45) is 0 Å². The van der Waals surface area contributed by atoms with Crippen molar-refractivity contribution in [3.8, 4) is 11.5 Å². The van der Waals surface area contributed by atoms with Gasteiger partial charge in [-0.3, -0.25) is 9.62 Å². The maximum atomic E-state index is 12.5. The third-order valence-electron chi connectivity index (χ3n) is 5.23. The maximum Gasteiger partial charge on any atom is 0.387 e. The summed E-state index contributed by atoms with van der Waals surface area (Å²) in [7, 11) is -3.80. The van der Waals surface area contributed by atoms with Gasteiger partial charge in [0.05, 0.1) is 9.92 Å². The minimum atomic E-state index is -3.80. The monoisotopic (exact) mass is 529 g/mol. The van der Waals surface area contributed by atoms with Crippen LogP contribution >= 0.6 is 22.9 Å². The third-order valence-corrected chi connectivity index (χ3v) is 7.68. The smallest absolute Gasteiger partial charge is 0.387 e. The number of hydrogen-bond acceptors (Lipinski definition) is 7. The molecule has 12 heteroatoms. The molecule has 0 radical (unpaired) electrons. The number of aromatic nitrogens is 1. The molecule has 0 bridgehead atoms. The fraction of sp³-hybridized carbons (Fsp3) is 0.318. The van der Waals surface area contributed by atoms with E-state index in [1.165, 1.54) is 35.7 Å². The molecule has 2 heterocycles. The molecule has 0 saturated carbocycles. The van der Waals surface area contributed by atoms with Crippen LogP contribution in [0.2, 0.25) is 5.02 Å². The normalized spacial score (nSPS) is 15.4. The van der Waals surface area contributed by atoms with Crippen molar-refractivity contribution in [1.29, 1.82) is 0 Å². The topological polar surface area (TPSA) is 80.8 Å². The number of hydrogen-bond donors (Lipinski definition) is 1. The predicted octanol–water partition coefficient (Wildman–Crippen LogP) is 5.24. The van der Waals surface area contributed by atoms with Crippen LogP contribution in [0.4, 0.5) is 13.9 Å². The van der Waals surface area contributed by atoms with Gasteiger partial charge in [-0.15, -0.1) is 11.3 Å². The number of sulfonamides is 1. The Hall–Kier alpha value is -2.47. The highest BCUT2D eigenvalue weighted by Crippen LogP contribution is 2.31. The van der Waals surface area contributed by atoms with E-state index in [2.05, 4.69) is 19.3 Å². The summed E-state index contributed by atoms with van der Waals surface area (Å²) in [5.74, 6) is 0.567. The van der Waals surface area contributed by atoms with Gasteiger partial charge in [0.15, 0.2) is 5.13 Å². The number of piperidine rings is 1. The molecule has 1 aliphatic rings. The van der Waals surface area contributed by atoms with E-state index in [4.69, 9.17) is 16.3 Å². The molecule has 0 unspecified atom stereocenters. The van der Waals surface area contributed by atoms with Crippen LogP contribution < -0.4 is 14.2 Å². The lowest BCUT2D eigenvalue weighted by Crippen LogP contribution is -2.37. The molecule has 0 amide bonds. The summed E-state index contributed by atoms with van der Waals surface area (Å²) >= 11 is 7.50. The number of thiazole rings is 1. The fourth-order valence-corrected chi connectivity index (χ4v) is 5.74. The molecule has 1 N–H and O–H groups in total. The van der Waals surface area contributed by atoms with Crippen LogP contribution in [0.5, 0.6) is 11.5 Å². The number of benzene rings is 2. The molecule has 34 heavy (non-hydrogen) atoms. The molecule has 182 valence electrons. The molecule has 0 spiro atoms. The molecule has 0 atom stereocenters. The van der Waals surface area contributed by atoms with Crippen molar-refractivity contribution in [2.45, 2.75) is 37.0 Å². The van der Waals surface area contributed by atoms with Crippen molar-refractivity contribution in [3.63, 3.8) is 0 Å². The molecule has 0 aliphatic carbocycles. The first-order valence-electron chi connectivity index (χ1n) is 10.4. The van der Waals surface area contributed by atoms with E-state index in [-0.39, 0.29) is 26.9 Å². The van der Waals surface area contributed by atoms with Gasteiger partial charge in [-0.05, 0) is 48.7 Å². The second-order valence-corrected chi connectivity index (χ2v) is 10.6. The van der Waals surface area contributed by atoms with Gasteiger partial charge in [-0.25, -0.2) is 13.4 Å². The Morgan fingerprint density at radius 2 is 2.00 bits per heavy atom. The molecule has 3 aromatic rings. The van der Waals surface area contributed by atoms with Crippen LogP contribution in [0.3, 0.4) is 0 Å². The van der Waals surface area contributed by atoms with Crippen LogP contribution in [0.25, 0.3) is 0 Å². The number of rotatable bonds is 9. The quantitative estimate of drug-likeness (QED) is 0.408. The number of nitrogens with zero attached hydrogens (tertiary/aromatic N) is 2. The van der Waals surface area contributed by atoms with Crippen molar-refractivity contribution in [3.05, 3.63) is 64.6 Å². The number of likely N-dealkylation sites (tertiary alicyclic amines) is 1. The van der Waals surface area contributed by atoms with Gasteiger partial charge in [0.25, 0.3) is 10.0 Å². The summed E-state index contributed by atoms with van der Waals surface area (Å²) < 4.78 is 62.8. The van der Waals surface area contributed by atoms with E-state index in [9.17, 15) is 17.2 Å². The molecule has 1 aliphatic heterocycles. The highest BCUT2D eigenvalue weighted by Gasteiger charge is 2.23. The maximum absolute atomic E-state index is 12.5. The molecule has 1 saturated heterocycles. The van der Waals surface area contributed by atoms with E-state index in [0.717, 1.165) is 31.5 Å². The highest BCUT2D eigenvalue weighted by atomic mass is 35.5. The Labute approximate surface area is 205 Å². The molecule has 1 aromatic heterocycles. The molecular formula is C22H22ClF2N3O4S2. The number of halogens is 3. The first-order valence-corrected chi connectivity index (χ1v) is 13.2. The standard InChI is InChI=1S/C22H22ClF2N3O4S2/c23-19-13-18(34(29,30)27-22-26-8-11-33-22)4-5-20(19)31-16-6-9-28(10-7-16)14-15-2-1-3-17(12-15)32-21(24)25/h1-5,8,11-13,16,21H,6-7,9-10,14H2,(H,26,27). The summed E-state index contributed by atoms with van der Waals surface area (Å²) in [5.41, 5.74) is 0.892. The van der Waals surface area contributed by atoms with Gasteiger partial charge in [-0.1, -0.05) is 23.7 Å². The summed E-state index contributed by atoms with van der Waals surface area (Å²) in [6.45, 7) is -0.718. The third kappa shape index (κ3) is 6.56. The van der Waals surface area contributed by atoms with Crippen LogP contribution in [0, 0.1) is 0 Å². The Morgan fingerprint density at radius 1 is 1.21 bits per heavy atom. The molecule has 1 fully saturated rings. The van der Waals surface area contributed by atoms with Crippen LogP contribution in [-0.4, -0.2) is 44.1 Å². The summed E-state index contributed by atoms with van der Waals surface area (Å²) in [5, 5.41) is 2.16. The first-order chi connectivity index (χ1) is 16.3. The second kappa shape index (κ2) is 10.9. The summed E-state index contributed by atoms with van der Waals surface area (Å²) in [4.78, 5) is 6.15. The Morgan fingerprint density at radius 3 is 2.68 bits per heavy atom. The predicted molar refractivity (Wildman–Crippen MR) is 126 cm³/mol. The zero-order chi connectivity index (χ0) is 24.1. The molecule has 2 aromatic carbocycles. The van der Waals surface area contributed by atoms with Crippen molar-refractivity contribution < 1.29 is 26.7 Å². The fourth-order valence-electron chi connectivity index (χ4n) is 3.64. The summed E-state index contributed by atoms with van der Waals surface area (Å²) in [6.07, 6.45) is 2.93. The van der Waals surface area contributed by atoms with Crippen molar-refractivity contribution in [1.82, 2.24) is 9.88 Å². The number of nitrogens with one attached hydrogen (secondary N) is 1. The zero-order valence-corrected chi connectivity index (χ0v) is 20.3. The molecule has 4 rings (SSSR count). The van der Waals surface area contributed by atoms with E-state index in [1.54, 1.807) is 23.6 Å². The number of alkyl halides is 2. The first kappa shape index (κ1) is 24.6. The zero-order valence-electron chi connectivity index (χ0n) is 17.9. The highest BCUT2D eigenvalue weighted by molar-refractivity contribution is 7.93. The summed E-state index contributed by atoms with van der Waals surface area (Å²) in [6, 6.07) is 11.1. The van der Waals surface area contributed by atoms with Crippen LogP contribution in [0.1, 0.15) is 18.4 Å². The van der Waals surface area contributed by atoms with Gasteiger partial charge in [-0.2, -0.15) is 8.78 Å². The van der Waals surface area contributed by atoms with Gasteiger partial charge < -0.3 is 9.47 Å². The average Bonchev–Trinajstić information content (AvgIpc) is 3.28. The van der Waals surface area contributed by atoms with Crippen LogP contribution in [0.15, 0.2) is 58.9 Å².